The van der Waals surface area contributed by atoms with Crippen LogP contribution in [-0.2, 0) is 22.7 Å². The molecule has 24 heavy (non-hydrogen) atoms. The van der Waals surface area contributed by atoms with Crippen LogP contribution in [0.4, 0.5) is 10.8 Å². The van der Waals surface area contributed by atoms with Gasteiger partial charge in [0.05, 0.1) is 35.1 Å². The molecule has 0 fully saturated rings. The van der Waals surface area contributed by atoms with Gasteiger partial charge < -0.3 is 14.8 Å². The predicted molar refractivity (Wildman–Crippen MR) is 95.5 cm³/mol. The average molecular weight is 339 g/mol. The lowest BCUT2D eigenvalue weighted by atomic mass is 10.1. The van der Waals surface area contributed by atoms with Crippen molar-refractivity contribution in [2.45, 2.75) is 13.2 Å². The van der Waals surface area contributed by atoms with Crippen molar-refractivity contribution in [1.82, 2.24) is 4.98 Å². The van der Waals surface area contributed by atoms with Crippen molar-refractivity contribution in [3.05, 3.63) is 53.1 Å². The van der Waals surface area contributed by atoms with Crippen LogP contribution in [0.25, 0.3) is 10.2 Å². The summed E-state index contributed by atoms with van der Waals surface area (Å²) >= 11 is 1.52. The SMILES string of the molecule is COCc1cc(COC)cc(Nc2nc3ccc(C#N)cc3s2)c1. The van der Waals surface area contributed by atoms with Crippen molar-refractivity contribution in [1.29, 1.82) is 5.26 Å². The van der Waals surface area contributed by atoms with E-state index >= 15 is 0 Å². The molecule has 1 aromatic heterocycles. The van der Waals surface area contributed by atoms with E-state index in [2.05, 4.69) is 22.4 Å². The molecular weight excluding hydrogens is 322 g/mol. The van der Waals surface area contributed by atoms with Crippen LogP contribution in [0.15, 0.2) is 36.4 Å². The summed E-state index contributed by atoms with van der Waals surface area (Å²) in [6.07, 6.45) is 0. The van der Waals surface area contributed by atoms with Gasteiger partial charge in [0.25, 0.3) is 0 Å². The lowest BCUT2D eigenvalue weighted by molar-refractivity contribution is 0.180. The van der Waals surface area contributed by atoms with Crippen LogP contribution < -0.4 is 5.32 Å². The van der Waals surface area contributed by atoms with Crippen LogP contribution in [0.2, 0.25) is 0 Å². The second-order valence-electron chi connectivity index (χ2n) is 5.34. The van der Waals surface area contributed by atoms with Gasteiger partial charge in [0.1, 0.15) is 0 Å². The zero-order valence-electron chi connectivity index (χ0n) is 13.5. The van der Waals surface area contributed by atoms with E-state index in [0.717, 1.165) is 32.2 Å². The Morgan fingerprint density at radius 2 is 1.79 bits per heavy atom. The van der Waals surface area contributed by atoms with Gasteiger partial charge in [-0.25, -0.2) is 4.98 Å². The molecule has 5 nitrogen and oxygen atoms in total. The number of benzene rings is 2. The number of ether oxygens (including phenoxy) is 2. The van der Waals surface area contributed by atoms with Gasteiger partial charge in [-0.1, -0.05) is 17.4 Å². The van der Waals surface area contributed by atoms with Gasteiger partial charge >= 0.3 is 0 Å². The summed E-state index contributed by atoms with van der Waals surface area (Å²) in [4.78, 5) is 4.57. The fourth-order valence-corrected chi connectivity index (χ4v) is 3.43. The topological polar surface area (TPSA) is 67.2 Å². The minimum atomic E-state index is 0.539. The Morgan fingerprint density at radius 1 is 1.08 bits per heavy atom. The molecule has 0 aliphatic carbocycles. The third-order valence-electron chi connectivity index (χ3n) is 3.44. The first kappa shape index (κ1) is 16.4. The molecule has 0 radical (unpaired) electrons. The summed E-state index contributed by atoms with van der Waals surface area (Å²) in [5.74, 6) is 0. The number of nitriles is 1. The second kappa shape index (κ2) is 7.41. The standard InChI is InChI=1S/C18H17N3O2S/c1-22-10-13-5-14(11-23-2)7-15(6-13)20-18-21-16-4-3-12(9-19)8-17(16)24-18/h3-8H,10-11H2,1-2H3,(H,20,21). The molecule has 6 heteroatoms. The van der Waals surface area contributed by atoms with Crippen LogP contribution in [0.5, 0.6) is 0 Å². The molecule has 3 aromatic rings. The molecule has 1 heterocycles. The summed E-state index contributed by atoms with van der Waals surface area (Å²) in [6.45, 7) is 1.08. The Morgan fingerprint density at radius 3 is 2.42 bits per heavy atom. The maximum absolute atomic E-state index is 9.00. The number of rotatable bonds is 6. The number of aromatic nitrogens is 1. The number of thiazole rings is 1. The first-order valence-corrected chi connectivity index (χ1v) is 8.22. The number of anilines is 2. The van der Waals surface area contributed by atoms with Crippen LogP contribution in [0, 0.1) is 11.3 Å². The molecule has 0 spiro atoms. The molecular formula is C18H17N3O2S. The summed E-state index contributed by atoms with van der Waals surface area (Å²) in [6, 6.07) is 13.8. The Bertz CT molecular complexity index is 875. The van der Waals surface area contributed by atoms with E-state index in [-0.39, 0.29) is 0 Å². The monoisotopic (exact) mass is 339 g/mol. The lowest BCUT2D eigenvalue weighted by Crippen LogP contribution is -1.97. The van der Waals surface area contributed by atoms with E-state index < -0.39 is 0 Å². The number of nitrogens with zero attached hydrogens (tertiary/aromatic N) is 2. The van der Waals surface area contributed by atoms with Crippen LogP contribution >= 0.6 is 11.3 Å². The van der Waals surface area contributed by atoms with Crippen LogP contribution in [0.3, 0.4) is 0 Å². The van der Waals surface area contributed by atoms with Crippen molar-refractivity contribution < 1.29 is 9.47 Å². The highest BCUT2D eigenvalue weighted by atomic mass is 32.1. The van der Waals surface area contributed by atoms with E-state index in [1.54, 1.807) is 20.3 Å². The van der Waals surface area contributed by atoms with E-state index in [4.69, 9.17) is 14.7 Å². The normalized spacial score (nSPS) is 10.7. The Labute approximate surface area is 144 Å². The predicted octanol–water partition coefficient (Wildman–Crippen LogP) is 4.20. The molecule has 0 aliphatic heterocycles. The summed E-state index contributed by atoms with van der Waals surface area (Å²) in [5.41, 5.74) is 4.61. The van der Waals surface area contributed by atoms with E-state index in [1.165, 1.54) is 11.3 Å². The lowest BCUT2D eigenvalue weighted by Gasteiger charge is -2.09. The highest BCUT2D eigenvalue weighted by Crippen LogP contribution is 2.29. The summed E-state index contributed by atoms with van der Waals surface area (Å²) in [5, 5.41) is 13.1. The molecule has 0 saturated carbocycles. The van der Waals surface area contributed by atoms with Crippen LogP contribution in [0.1, 0.15) is 16.7 Å². The highest BCUT2D eigenvalue weighted by Gasteiger charge is 2.07. The van der Waals surface area contributed by atoms with Crippen molar-refractivity contribution >= 4 is 32.4 Å². The number of fused-ring (bicyclic) bond motifs is 1. The van der Waals surface area contributed by atoms with Gasteiger partial charge in [0.2, 0.25) is 0 Å². The van der Waals surface area contributed by atoms with Crippen molar-refractivity contribution in [2.75, 3.05) is 19.5 Å². The van der Waals surface area contributed by atoms with Gasteiger partial charge in [-0.3, -0.25) is 0 Å². The molecule has 0 unspecified atom stereocenters. The Hall–Kier alpha value is -2.46. The molecule has 2 aromatic carbocycles. The smallest absolute Gasteiger partial charge is 0.188 e. The number of nitrogens with one attached hydrogen (secondary N) is 1. The maximum atomic E-state index is 9.00. The summed E-state index contributed by atoms with van der Waals surface area (Å²) in [7, 11) is 3.35. The molecule has 0 bridgehead atoms. The molecule has 0 saturated heterocycles. The van der Waals surface area contributed by atoms with Gasteiger partial charge in [0.15, 0.2) is 5.13 Å². The fraction of sp³-hybridized carbons (Fsp3) is 0.222. The number of hydrogen-bond donors (Lipinski definition) is 1. The third kappa shape index (κ3) is 3.71. The highest BCUT2D eigenvalue weighted by molar-refractivity contribution is 7.22. The zero-order valence-corrected chi connectivity index (χ0v) is 14.3. The quantitative estimate of drug-likeness (QED) is 0.729. The number of hydrogen-bond acceptors (Lipinski definition) is 6. The van der Waals surface area contributed by atoms with Gasteiger partial charge in [-0.05, 0) is 41.5 Å². The molecule has 0 aliphatic rings. The summed E-state index contributed by atoms with van der Waals surface area (Å²) < 4.78 is 11.4. The van der Waals surface area contributed by atoms with Crippen LogP contribution in [-0.4, -0.2) is 19.2 Å². The molecule has 3 rings (SSSR count). The average Bonchev–Trinajstić information content (AvgIpc) is 2.96. The van der Waals surface area contributed by atoms with Gasteiger partial charge in [0, 0.05) is 19.9 Å². The largest absolute Gasteiger partial charge is 0.380 e. The first-order valence-electron chi connectivity index (χ1n) is 7.40. The van der Waals surface area contributed by atoms with Crippen molar-refractivity contribution in [3.63, 3.8) is 0 Å². The molecule has 0 atom stereocenters. The van der Waals surface area contributed by atoms with Gasteiger partial charge in [-0.2, -0.15) is 5.26 Å². The third-order valence-corrected chi connectivity index (χ3v) is 4.38. The minimum Gasteiger partial charge on any atom is -0.380 e. The molecule has 1 N–H and O–H groups in total. The minimum absolute atomic E-state index is 0.539. The van der Waals surface area contributed by atoms with Crippen molar-refractivity contribution in [3.8, 4) is 6.07 Å². The first-order chi connectivity index (χ1) is 11.7. The molecule has 0 amide bonds. The second-order valence-corrected chi connectivity index (χ2v) is 6.37. The molecule has 122 valence electrons. The number of methoxy groups -OCH3 is 2. The van der Waals surface area contributed by atoms with Crippen molar-refractivity contribution in [2.24, 2.45) is 0 Å². The van der Waals surface area contributed by atoms with E-state index in [9.17, 15) is 0 Å². The maximum Gasteiger partial charge on any atom is 0.188 e. The van der Waals surface area contributed by atoms with E-state index in [1.807, 2.05) is 24.3 Å². The fourth-order valence-electron chi connectivity index (χ4n) is 2.51. The Kier molecular flexibility index (Phi) is 5.06. The Balaban J connectivity index is 1.90. The van der Waals surface area contributed by atoms with Gasteiger partial charge in [-0.15, -0.1) is 0 Å². The zero-order chi connectivity index (χ0) is 16.9. The van der Waals surface area contributed by atoms with E-state index in [0.29, 0.717) is 18.8 Å².